The van der Waals surface area contributed by atoms with E-state index < -0.39 is 10.0 Å². The van der Waals surface area contributed by atoms with Crippen LogP contribution in [0.4, 0.5) is 11.4 Å². The first-order chi connectivity index (χ1) is 13.3. The highest BCUT2D eigenvalue weighted by atomic mass is 32.2. The van der Waals surface area contributed by atoms with E-state index in [-0.39, 0.29) is 4.90 Å². The second-order valence-electron chi connectivity index (χ2n) is 6.46. The molecule has 28 heavy (non-hydrogen) atoms. The average Bonchev–Trinajstić information content (AvgIpc) is 2.69. The first-order valence-corrected chi connectivity index (χ1v) is 11.1. The minimum Gasteiger partial charge on any atom is -0.372 e. The second kappa shape index (κ2) is 10.4. The molecule has 152 valence electrons. The number of thiocarbonyl (C=S) groups is 1. The molecule has 0 radical (unpaired) electrons. The quantitative estimate of drug-likeness (QED) is 0.480. The van der Waals surface area contributed by atoms with Crippen LogP contribution < -0.4 is 15.5 Å². The Morgan fingerprint density at radius 3 is 2.43 bits per heavy atom. The van der Waals surface area contributed by atoms with Gasteiger partial charge in [0.15, 0.2) is 5.11 Å². The first-order valence-electron chi connectivity index (χ1n) is 9.22. The Morgan fingerprint density at radius 2 is 1.79 bits per heavy atom. The summed E-state index contributed by atoms with van der Waals surface area (Å²) in [6.07, 6.45) is 0.930. The first kappa shape index (κ1) is 22.1. The van der Waals surface area contributed by atoms with E-state index in [1.807, 2.05) is 18.2 Å². The molecule has 0 atom stereocenters. The minimum absolute atomic E-state index is 0.228. The Labute approximate surface area is 173 Å². The predicted octanol–water partition coefficient (Wildman–Crippen LogP) is 3.14. The summed E-state index contributed by atoms with van der Waals surface area (Å²) in [5, 5.41) is 6.70. The largest absolute Gasteiger partial charge is 0.372 e. The fourth-order valence-corrected chi connectivity index (χ4v) is 3.87. The smallest absolute Gasteiger partial charge is 0.242 e. The summed E-state index contributed by atoms with van der Waals surface area (Å²) in [4.78, 5) is 2.54. The molecule has 0 spiro atoms. The van der Waals surface area contributed by atoms with Crippen LogP contribution in [0.5, 0.6) is 0 Å². The Kier molecular flexibility index (Phi) is 8.22. The number of rotatable bonds is 9. The summed E-state index contributed by atoms with van der Waals surface area (Å²) in [6, 6.07) is 17.0. The SMILES string of the molecule is CCN(CCCNC(=S)Nc1cccc(S(=O)(=O)N(C)C)c1)c1ccccc1. The molecule has 0 saturated heterocycles. The lowest BCUT2D eigenvalue weighted by Crippen LogP contribution is -2.32. The monoisotopic (exact) mass is 420 g/mol. The van der Waals surface area contributed by atoms with Gasteiger partial charge in [-0.25, -0.2) is 12.7 Å². The summed E-state index contributed by atoms with van der Waals surface area (Å²) < 4.78 is 25.7. The van der Waals surface area contributed by atoms with Crippen molar-refractivity contribution in [2.75, 3.05) is 43.9 Å². The van der Waals surface area contributed by atoms with Crippen molar-refractivity contribution in [2.45, 2.75) is 18.2 Å². The Balaban J connectivity index is 1.83. The minimum atomic E-state index is -3.47. The summed E-state index contributed by atoms with van der Waals surface area (Å²) >= 11 is 5.33. The number of nitrogens with one attached hydrogen (secondary N) is 2. The summed E-state index contributed by atoms with van der Waals surface area (Å²) in [5.41, 5.74) is 1.85. The number of nitrogens with zero attached hydrogens (tertiary/aromatic N) is 2. The molecule has 2 aromatic carbocycles. The standard InChI is InChI=1S/C20H28N4O2S2/c1-4-24(18-11-6-5-7-12-18)15-9-14-21-20(27)22-17-10-8-13-19(16-17)28(25,26)23(2)3/h5-8,10-13,16H,4,9,14-15H2,1-3H3,(H2,21,22,27). The number of hydrogen-bond donors (Lipinski definition) is 2. The van der Waals surface area contributed by atoms with Crippen molar-refractivity contribution in [3.63, 3.8) is 0 Å². The van der Waals surface area contributed by atoms with E-state index in [1.165, 1.54) is 24.1 Å². The van der Waals surface area contributed by atoms with Crippen LogP contribution in [-0.2, 0) is 10.0 Å². The summed E-state index contributed by atoms with van der Waals surface area (Å²) in [5.74, 6) is 0. The van der Waals surface area contributed by atoms with Crippen molar-refractivity contribution in [1.29, 1.82) is 0 Å². The molecule has 0 bridgehead atoms. The van der Waals surface area contributed by atoms with Crippen molar-refractivity contribution in [3.05, 3.63) is 54.6 Å². The van der Waals surface area contributed by atoms with Gasteiger partial charge in [-0.2, -0.15) is 0 Å². The van der Waals surface area contributed by atoms with Crippen LogP contribution in [0.2, 0.25) is 0 Å². The lowest BCUT2D eigenvalue weighted by atomic mass is 10.2. The lowest BCUT2D eigenvalue weighted by molar-refractivity contribution is 0.521. The van der Waals surface area contributed by atoms with Crippen molar-refractivity contribution in [1.82, 2.24) is 9.62 Å². The van der Waals surface area contributed by atoms with Gasteiger partial charge in [0, 0.05) is 45.1 Å². The van der Waals surface area contributed by atoms with Gasteiger partial charge in [-0.1, -0.05) is 24.3 Å². The van der Waals surface area contributed by atoms with Crippen LogP contribution in [0.15, 0.2) is 59.5 Å². The Morgan fingerprint density at radius 1 is 1.07 bits per heavy atom. The van der Waals surface area contributed by atoms with Gasteiger partial charge in [0.25, 0.3) is 0 Å². The molecule has 8 heteroatoms. The fourth-order valence-electron chi connectivity index (χ4n) is 2.70. The third kappa shape index (κ3) is 6.19. The molecular weight excluding hydrogens is 392 g/mol. The summed E-state index contributed by atoms with van der Waals surface area (Å²) in [7, 11) is -0.450. The van der Waals surface area contributed by atoms with Crippen molar-refractivity contribution in [2.24, 2.45) is 0 Å². The summed E-state index contributed by atoms with van der Waals surface area (Å²) in [6.45, 7) is 4.73. The van der Waals surface area contributed by atoms with Gasteiger partial charge in [-0.3, -0.25) is 0 Å². The highest BCUT2D eigenvalue weighted by Crippen LogP contribution is 2.18. The molecule has 0 saturated carbocycles. The number of para-hydroxylation sites is 1. The normalized spacial score (nSPS) is 11.3. The molecule has 2 aromatic rings. The van der Waals surface area contributed by atoms with E-state index in [0.717, 1.165) is 26.1 Å². The molecule has 0 fully saturated rings. The van der Waals surface area contributed by atoms with Gasteiger partial charge in [0.05, 0.1) is 4.90 Å². The van der Waals surface area contributed by atoms with E-state index in [1.54, 1.807) is 24.3 Å². The maximum atomic E-state index is 12.2. The highest BCUT2D eigenvalue weighted by molar-refractivity contribution is 7.89. The van der Waals surface area contributed by atoms with Crippen LogP contribution in [0, 0.1) is 0 Å². The van der Waals surface area contributed by atoms with E-state index in [0.29, 0.717) is 10.8 Å². The Hall–Kier alpha value is -2.16. The van der Waals surface area contributed by atoms with Crippen LogP contribution in [-0.4, -0.2) is 51.6 Å². The van der Waals surface area contributed by atoms with E-state index in [4.69, 9.17) is 12.2 Å². The molecular formula is C20H28N4O2S2. The van der Waals surface area contributed by atoms with Crippen LogP contribution in [0.25, 0.3) is 0 Å². The zero-order chi connectivity index (χ0) is 20.6. The van der Waals surface area contributed by atoms with Gasteiger partial charge in [-0.15, -0.1) is 0 Å². The molecule has 0 aliphatic carbocycles. The van der Waals surface area contributed by atoms with E-state index in [9.17, 15) is 8.42 Å². The second-order valence-corrected chi connectivity index (χ2v) is 9.03. The topological polar surface area (TPSA) is 64.7 Å². The third-order valence-electron chi connectivity index (χ3n) is 4.26. The third-order valence-corrected chi connectivity index (χ3v) is 6.32. The molecule has 0 heterocycles. The highest BCUT2D eigenvalue weighted by Gasteiger charge is 2.17. The molecule has 6 nitrogen and oxygen atoms in total. The maximum absolute atomic E-state index is 12.2. The van der Waals surface area contributed by atoms with Crippen molar-refractivity contribution < 1.29 is 8.42 Å². The predicted molar refractivity (Wildman–Crippen MR) is 120 cm³/mol. The van der Waals surface area contributed by atoms with Gasteiger partial charge in [0.1, 0.15) is 0 Å². The van der Waals surface area contributed by atoms with Gasteiger partial charge >= 0.3 is 0 Å². The molecule has 2 N–H and O–H groups in total. The van der Waals surface area contributed by atoms with Crippen LogP contribution >= 0.6 is 12.2 Å². The van der Waals surface area contributed by atoms with Crippen molar-refractivity contribution in [3.8, 4) is 0 Å². The molecule has 2 rings (SSSR count). The molecule has 0 unspecified atom stereocenters. The zero-order valence-electron chi connectivity index (χ0n) is 16.6. The van der Waals surface area contributed by atoms with Crippen LogP contribution in [0.1, 0.15) is 13.3 Å². The average molecular weight is 421 g/mol. The Bertz CT molecular complexity index is 871. The van der Waals surface area contributed by atoms with Crippen LogP contribution in [0.3, 0.4) is 0 Å². The molecule has 0 amide bonds. The van der Waals surface area contributed by atoms with E-state index >= 15 is 0 Å². The van der Waals surface area contributed by atoms with Gasteiger partial charge in [0.2, 0.25) is 10.0 Å². The zero-order valence-corrected chi connectivity index (χ0v) is 18.2. The number of hydrogen-bond acceptors (Lipinski definition) is 4. The number of benzene rings is 2. The van der Waals surface area contributed by atoms with Gasteiger partial charge in [-0.05, 0) is 55.9 Å². The van der Waals surface area contributed by atoms with Crippen molar-refractivity contribution >= 4 is 38.7 Å². The van der Waals surface area contributed by atoms with Gasteiger partial charge < -0.3 is 15.5 Å². The molecule has 0 aliphatic heterocycles. The molecule has 0 aromatic heterocycles. The molecule has 0 aliphatic rings. The number of anilines is 2. The lowest BCUT2D eigenvalue weighted by Gasteiger charge is -2.23. The fraction of sp³-hybridized carbons (Fsp3) is 0.350. The maximum Gasteiger partial charge on any atom is 0.242 e. The number of sulfonamides is 1. The van der Waals surface area contributed by atoms with E-state index in [2.05, 4.69) is 34.6 Å².